The summed E-state index contributed by atoms with van der Waals surface area (Å²) < 4.78 is 15.7. The van der Waals surface area contributed by atoms with Crippen molar-refractivity contribution in [3.8, 4) is 11.8 Å². The van der Waals surface area contributed by atoms with E-state index in [0.29, 0.717) is 29.8 Å². The molecule has 0 unspecified atom stereocenters. The highest BCUT2D eigenvalue weighted by Gasteiger charge is 2.14. The molecule has 0 saturated carbocycles. The Morgan fingerprint density at radius 1 is 1.25 bits per heavy atom. The van der Waals surface area contributed by atoms with Gasteiger partial charge < -0.3 is 11.1 Å². The van der Waals surface area contributed by atoms with E-state index < -0.39 is 0 Å². The number of hydrogen-bond acceptors (Lipinski definition) is 7. The van der Waals surface area contributed by atoms with E-state index in [9.17, 15) is 9.65 Å². The lowest BCUT2D eigenvalue weighted by Crippen LogP contribution is -2.12. The molecule has 3 heterocycles. The fourth-order valence-corrected chi connectivity index (χ4v) is 2.98. The summed E-state index contributed by atoms with van der Waals surface area (Å²) in [6.07, 6.45) is 5.17. The van der Waals surface area contributed by atoms with Gasteiger partial charge in [-0.25, -0.2) is 19.3 Å². The van der Waals surface area contributed by atoms with E-state index in [1.807, 2.05) is 22.8 Å². The lowest BCUT2D eigenvalue weighted by molar-refractivity contribution is 0.629. The number of pyridine rings is 1. The lowest BCUT2D eigenvalue weighted by Gasteiger charge is -2.10. The molecule has 0 bridgehead atoms. The van der Waals surface area contributed by atoms with Gasteiger partial charge in [-0.05, 0) is 24.3 Å². The average molecular weight is 374 g/mol. The molecule has 0 aliphatic heterocycles. The zero-order valence-electron chi connectivity index (χ0n) is 14.7. The predicted molar refractivity (Wildman–Crippen MR) is 102 cm³/mol. The van der Waals surface area contributed by atoms with Crippen LogP contribution < -0.4 is 11.1 Å². The van der Waals surface area contributed by atoms with Gasteiger partial charge >= 0.3 is 0 Å². The molecule has 3 aromatic heterocycles. The monoisotopic (exact) mass is 374 g/mol. The zero-order chi connectivity index (χ0) is 19.5. The number of hydrogen-bond donors (Lipinski definition) is 2. The van der Waals surface area contributed by atoms with Crippen molar-refractivity contribution in [1.82, 2.24) is 24.5 Å². The maximum Gasteiger partial charge on any atom is 0.149 e. The number of nitrogens with zero attached hydrogens (tertiary/aromatic N) is 6. The van der Waals surface area contributed by atoms with Crippen LogP contribution in [0.3, 0.4) is 0 Å². The minimum atomic E-state index is -0.336. The predicted octanol–water partition coefficient (Wildman–Crippen LogP) is 2.46. The second kappa shape index (κ2) is 7.28. The molecular weight excluding hydrogens is 359 g/mol. The molecule has 4 aromatic rings. The van der Waals surface area contributed by atoms with E-state index in [1.54, 1.807) is 18.5 Å². The number of nitrogen functional groups attached to an aromatic ring is 1. The minimum absolute atomic E-state index is 0.123. The molecule has 0 aliphatic carbocycles. The number of nitrogens with one attached hydrogen (secondary N) is 1. The minimum Gasteiger partial charge on any atom is -0.382 e. The summed E-state index contributed by atoms with van der Waals surface area (Å²) in [6, 6.07) is 10.2. The largest absolute Gasteiger partial charge is 0.382 e. The quantitative estimate of drug-likeness (QED) is 0.551. The summed E-state index contributed by atoms with van der Waals surface area (Å²) in [7, 11) is 0. The highest BCUT2D eigenvalue weighted by molar-refractivity contribution is 5.78. The summed E-state index contributed by atoms with van der Waals surface area (Å²) in [5, 5.41) is 12.3. The van der Waals surface area contributed by atoms with E-state index in [0.717, 1.165) is 11.5 Å². The van der Waals surface area contributed by atoms with Crippen molar-refractivity contribution < 1.29 is 4.39 Å². The van der Waals surface area contributed by atoms with Crippen molar-refractivity contribution in [2.24, 2.45) is 0 Å². The number of rotatable bonds is 5. The van der Waals surface area contributed by atoms with Crippen molar-refractivity contribution in [3.05, 3.63) is 66.3 Å². The molecule has 28 heavy (non-hydrogen) atoms. The molecule has 1 aromatic carbocycles. The Hall–Kier alpha value is -4.06. The number of imidazole rings is 1. The Balaban J connectivity index is 1.66. The van der Waals surface area contributed by atoms with Crippen LogP contribution >= 0.6 is 0 Å². The van der Waals surface area contributed by atoms with Crippen LogP contribution in [0.15, 0.2) is 49.1 Å². The number of nitriles is 1. The first-order chi connectivity index (χ1) is 13.7. The molecule has 0 atom stereocenters. The van der Waals surface area contributed by atoms with Crippen LogP contribution in [0, 0.1) is 17.1 Å². The summed E-state index contributed by atoms with van der Waals surface area (Å²) in [6.45, 7) is 0.442. The molecule has 0 fully saturated rings. The van der Waals surface area contributed by atoms with Crippen LogP contribution in [0.2, 0.25) is 0 Å². The van der Waals surface area contributed by atoms with Crippen molar-refractivity contribution in [3.63, 3.8) is 0 Å². The normalized spacial score (nSPS) is 10.7. The van der Waals surface area contributed by atoms with Gasteiger partial charge in [-0.1, -0.05) is 0 Å². The highest BCUT2D eigenvalue weighted by Crippen LogP contribution is 2.23. The summed E-state index contributed by atoms with van der Waals surface area (Å²) in [4.78, 5) is 16.7. The van der Waals surface area contributed by atoms with Crippen LogP contribution in [0.25, 0.3) is 16.7 Å². The number of anilines is 2. The lowest BCUT2D eigenvalue weighted by atomic mass is 10.3. The van der Waals surface area contributed by atoms with E-state index >= 15 is 0 Å². The fraction of sp³-hybridized carbons (Fsp3) is 0.105. The average Bonchev–Trinajstić information content (AvgIpc) is 3.06. The Bertz CT molecular complexity index is 1180. The molecule has 4 rings (SSSR count). The van der Waals surface area contributed by atoms with Crippen LogP contribution in [-0.4, -0.2) is 31.0 Å². The number of nitrogens with two attached hydrogens (primary N) is 1. The molecule has 0 saturated heterocycles. The smallest absolute Gasteiger partial charge is 0.149 e. The van der Waals surface area contributed by atoms with Gasteiger partial charge in [0.2, 0.25) is 0 Å². The molecule has 0 amide bonds. The van der Waals surface area contributed by atoms with Crippen LogP contribution in [0.4, 0.5) is 16.0 Å². The maximum atomic E-state index is 13.8. The molecule has 138 valence electrons. The Kier molecular flexibility index (Phi) is 4.51. The summed E-state index contributed by atoms with van der Waals surface area (Å²) in [5.41, 5.74) is 8.04. The van der Waals surface area contributed by atoms with Gasteiger partial charge in [-0.3, -0.25) is 9.55 Å². The van der Waals surface area contributed by atoms with E-state index in [-0.39, 0.29) is 17.2 Å². The number of benzene rings is 1. The van der Waals surface area contributed by atoms with E-state index in [1.165, 1.54) is 18.5 Å². The highest BCUT2D eigenvalue weighted by atomic mass is 19.1. The first-order valence-electron chi connectivity index (χ1n) is 8.49. The molecule has 0 aliphatic rings. The van der Waals surface area contributed by atoms with Crippen molar-refractivity contribution in [2.45, 2.75) is 6.42 Å². The van der Waals surface area contributed by atoms with Crippen molar-refractivity contribution in [2.75, 3.05) is 17.6 Å². The van der Waals surface area contributed by atoms with Crippen LogP contribution in [-0.2, 0) is 6.42 Å². The Labute approximate surface area is 159 Å². The van der Waals surface area contributed by atoms with Crippen LogP contribution in [0.5, 0.6) is 0 Å². The van der Waals surface area contributed by atoms with Gasteiger partial charge in [-0.2, -0.15) is 5.26 Å². The first-order valence-corrected chi connectivity index (χ1v) is 8.49. The van der Waals surface area contributed by atoms with E-state index in [4.69, 9.17) is 5.73 Å². The van der Waals surface area contributed by atoms with E-state index in [2.05, 4.69) is 25.3 Å². The van der Waals surface area contributed by atoms with Crippen LogP contribution in [0.1, 0.15) is 11.4 Å². The van der Waals surface area contributed by atoms with Gasteiger partial charge in [0.15, 0.2) is 0 Å². The summed E-state index contributed by atoms with van der Waals surface area (Å²) >= 11 is 0. The maximum absolute atomic E-state index is 13.8. The third kappa shape index (κ3) is 3.19. The third-order valence-electron chi connectivity index (χ3n) is 4.22. The Morgan fingerprint density at radius 3 is 2.93 bits per heavy atom. The Morgan fingerprint density at radius 2 is 2.14 bits per heavy atom. The van der Waals surface area contributed by atoms with Gasteiger partial charge in [0.05, 0.1) is 22.9 Å². The second-order valence-electron chi connectivity index (χ2n) is 5.98. The molecule has 0 radical (unpaired) electrons. The zero-order valence-corrected chi connectivity index (χ0v) is 14.7. The number of halogens is 1. The fourth-order valence-electron chi connectivity index (χ4n) is 2.98. The van der Waals surface area contributed by atoms with Gasteiger partial charge in [0.1, 0.15) is 41.2 Å². The molecule has 0 spiro atoms. The number of fused-ring (bicyclic) bond motifs is 1. The van der Waals surface area contributed by atoms with Gasteiger partial charge in [0.25, 0.3) is 0 Å². The number of aromatic nitrogens is 5. The van der Waals surface area contributed by atoms with Crippen molar-refractivity contribution in [1.29, 1.82) is 5.26 Å². The SMILES string of the molecule is N#Cc1c(N)ncnc1NCCc1nc2ccc(F)cc2n1-c1cccnc1. The summed E-state index contributed by atoms with van der Waals surface area (Å²) in [5.74, 6) is 0.877. The molecule has 9 heteroatoms. The first kappa shape index (κ1) is 17.4. The topological polar surface area (TPSA) is 118 Å². The molecule has 8 nitrogen and oxygen atoms in total. The van der Waals surface area contributed by atoms with Crippen molar-refractivity contribution >= 4 is 22.7 Å². The standard InChI is InChI=1S/C19H15FN8/c20-12-3-4-15-16(8-12)28(13-2-1-6-23-10-13)17(27-15)5-7-24-19-14(9-21)18(22)25-11-26-19/h1-4,6,8,10-11H,5,7H2,(H3,22,24,25,26). The molecule has 3 N–H and O–H groups in total. The third-order valence-corrected chi connectivity index (χ3v) is 4.22. The van der Waals surface area contributed by atoms with Gasteiger partial charge in [-0.15, -0.1) is 0 Å². The second-order valence-corrected chi connectivity index (χ2v) is 5.98. The molecular formula is C19H15FN8. The van der Waals surface area contributed by atoms with Gasteiger partial charge in [0, 0.05) is 25.2 Å².